The van der Waals surface area contributed by atoms with E-state index in [-0.39, 0.29) is 17.0 Å². The number of rotatable bonds is 2. The quantitative estimate of drug-likeness (QED) is 0.829. The second-order valence-corrected chi connectivity index (χ2v) is 6.76. The van der Waals surface area contributed by atoms with E-state index in [1.807, 2.05) is 13.8 Å². The molecule has 1 aliphatic rings. The van der Waals surface area contributed by atoms with Crippen LogP contribution in [0.1, 0.15) is 33.1 Å². The molecule has 0 spiro atoms. The summed E-state index contributed by atoms with van der Waals surface area (Å²) < 4.78 is 39.5. The molecule has 18 heavy (non-hydrogen) atoms. The average molecular weight is 271 g/mol. The van der Waals surface area contributed by atoms with Gasteiger partial charge in [0.2, 0.25) is 10.0 Å². The van der Waals surface area contributed by atoms with E-state index in [9.17, 15) is 12.8 Å². The van der Waals surface area contributed by atoms with Gasteiger partial charge in [-0.3, -0.25) is 0 Å². The summed E-state index contributed by atoms with van der Waals surface area (Å²) in [6.45, 7) is 3.85. The molecule has 2 atom stereocenters. The lowest BCUT2D eigenvalue weighted by Gasteiger charge is -2.37. The molecule has 1 saturated heterocycles. The van der Waals surface area contributed by atoms with Crippen molar-refractivity contribution in [3.05, 3.63) is 30.1 Å². The van der Waals surface area contributed by atoms with Gasteiger partial charge in [-0.15, -0.1) is 0 Å². The number of halogens is 1. The van der Waals surface area contributed by atoms with E-state index >= 15 is 0 Å². The molecule has 5 heteroatoms. The minimum Gasteiger partial charge on any atom is -0.207 e. The Balaban J connectivity index is 2.38. The third kappa shape index (κ3) is 2.42. The van der Waals surface area contributed by atoms with Crippen LogP contribution < -0.4 is 0 Å². The van der Waals surface area contributed by atoms with Crippen LogP contribution in [-0.2, 0) is 10.0 Å². The lowest BCUT2D eigenvalue weighted by atomic mass is 10.0. The monoisotopic (exact) mass is 271 g/mol. The van der Waals surface area contributed by atoms with Gasteiger partial charge in [-0.2, -0.15) is 4.31 Å². The Morgan fingerprint density at radius 3 is 2.11 bits per heavy atom. The molecule has 0 bridgehead atoms. The maximum atomic E-state index is 12.9. The van der Waals surface area contributed by atoms with Crippen molar-refractivity contribution in [1.82, 2.24) is 4.31 Å². The van der Waals surface area contributed by atoms with Crippen molar-refractivity contribution in [3.63, 3.8) is 0 Å². The van der Waals surface area contributed by atoms with Crippen LogP contribution >= 0.6 is 0 Å². The van der Waals surface area contributed by atoms with Gasteiger partial charge in [-0.1, -0.05) is 6.42 Å². The van der Waals surface area contributed by atoms with Crippen LogP contribution in [0.15, 0.2) is 29.2 Å². The van der Waals surface area contributed by atoms with Crippen molar-refractivity contribution in [3.8, 4) is 0 Å². The summed E-state index contributed by atoms with van der Waals surface area (Å²) in [6, 6.07) is 5.04. The molecule has 0 unspecified atom stereocenters. The fourth-order valence-corrected chi connectivity index (χ4v) is 4.48. The van der Waals surface area contributed by atoms with Crippen LogP contribution in [0.25, 0.3) is 0 Å². The summed E-state index contributed by atoms with van der Waals surface area (Å²) in [5.74, 6) is -0.423. The van der Waals surface area contributed by atoms with Gasteiger partial charge in [0.25, 0.3) is 0 Å². The summed E-state index contributed by atoms with van der Waals surface area (Å²) in [5.41, 5.74) is 0. The molecule has 0 saturated carbocycles. The van der Waals surface area contributed by atoms with Crippen LogP contribution in [0, 0.1) is 5.82 Å². The van der Waals surface area contributed by atoms with Gasteiger partial charge in [0, 0.05) is 12.1 Å². The van der Waals surface area contributed by atoms with E-state index in [1.165, 1.54) is 24.3 Å². The maximum absolute atomic E-state index is 12.9. The molecule has 2 rings (SSSR count). The first-order valence-corrected chi connectivity index (χ1v) is 7.66. The Kier molecular flexibility index (Phi) is 3.73. The highest BCUT2D eigenvalue weighted by molar-refractivity contribution is 7.89. The summed E-state index contributed by atoms with van der Waals surface area (Å²) in [4.78, 5) is 0.171. The molecule has 3 nitrogen and oxygen atoms in total. The van der Waals surface area contributed by atoms with Crippen LogP contribution in [0.4, 0.5) is 4.39 Å². The lowest BCUT2D eigenvalue weighted by molar-refractivity contribution is 0.204. The van der Waals surface area contributed by atoms with Crippen LogP contribution in [0.2, 0.25) is 0 Å². The third-order valence-corrected chi connectivity index (χ3v) is 5.64. The molecule has 100 valence electrons. The summed E-state index contributed by atoms with van der Waals surface area (Å²) in [6.07, 6.45) is 2.81. The molecule has 0 radical (unpaired) electrons. The van der Waals surface area contributed by atoms with Crippen molar-refractivity contribution in [1.29, 1.82) is 0 Å². The highest BCUT2D eigenvalue weighted by atomic mass is 32.2. The molecular formula is C13H18FNO2S. The van der Waals surface area contributed by atoms with E-state index in [1.54, 1.807) is 4.31 Å². The molecule has 0 aliphatic carbocycles. The Hall–Kier alpha value is -0.940. The largest absolute Gasteiger partial charge is 0.243 e. The molecule has 0 amide bonds. The van der Waals surface area contributed by atoms with Crippen LogP contribution in [0.3, 0.4) is 0 Å². The second-order valence-electron chi connectivity index (χ2n) is 4.92. The molecule has 1 fully saturated rings. The van der Waals surface area contributed by atoms with E-state index in [4.69, 9.17) is 0 Å². The number of sulfonamides is 1. The van der Waals surface area contributed by atoms with Gasteiger partial charge in [0.05, 0.1) is 4.90 Å². The van der Waals surface area contributed by atoms with Gasteiger partial charge < -0.3 is 0 Å². The van der Waals surface area contributed by atoms with Crippen molar-refractivity contribution >= 4 is 10.0 Å². The fraction of sp³-hybridized carbons (Fsp3) is 0.538. The number of hydrogen-bond donors (Lipinski definition) is 0. The van der Waals surface area contributed by atoms with E-state index in [0.29, 0.717) is 0 Å². The van der Waals surface area contributed by atoms with Gasteiger partial charge >= 0.3 is 0 Å². The molecule has 1 heterocycles. The van der Waals surface area contributed by atoms with Crippen molar-refractivity contribution in [2.75, 3.05) is 0 Å². The zero-order valence-electron chi connectivity index (χ0n) is 10.6. The van der Waals surface area contributed by atoms with E-state index in [2.05, 4.69) is 0 Å². The Morgan fingerprint density at radius 2 is 1.61 bits per heavy atom. The molecule has 1 aromatic carbocycles. The normalized spacial score (nSPS) is 26.2. The molecule has 1 aromatic rings. The van der Waals surface area contributed by atoms with E-state index in [0.717, 1.165) is 19.3 Å². The van der Waals surface area contributed by atoms with Crippen LogP contribution in [0.5, 0.6) is 0 Å². The smallest absolute Gasteiger partial charge is 0.207 e. The third-order valence-electron chi connectivity index (χ3n) is 3.50. The first kappa shape index (κ1) is 13.5. The number of piperidine rings is 1. The molecule has 0 N–H and O–H groups in total. The van der Waals surface area contributed by atoms with Gasteiger partial charge in [0.1, 0.15) is 5.82 Å². The second kappa shape index (κ2) is 4.97. The summed E-state index contributed by atoms with van der Waals surface area (Å²) in [7, 11) is -3.51. The number of nitrogens with zero attached hydrogens (tertiary/aromatic N) is 1. The van der Waals surface area contributed by atoms with Gasteiger partial charge in [0.15, 0.2) is 0 Å². The minimum absolute atomic E-state index is 0.00352. The average Bonchev–Trinajstić information content (AvgIpc) is 2.29. The molecule has 1 aliphatic heterocycles. The molecule has 0 aromatic heterocycles. The highest BCUT2D eigenvalue weighted by Gasteiger charge is 2.35. The standard InChI is InChI=1S/C13H18FNO2S/c1-10-4-3-5-11(2)15(10)18(16,17)13-8-6-12(14)7-9-13/h6-11H,3-5H2,1-2H3/t10-,11+. The Labute approximate surface area is 108 Å². The SMILES string of the molecule is C[C@@H]1CCC[C@H](C)N1S(=O)(=O)c1ccc(F)cc1. The Morgan fingerprint density at radius 1 is 1.11 bits per heavy atom. The zero-order chi connectivity index (χ0) is 13.3. The predicted octanol–water partition coefficient (Wildman–Crippen LogP) is 2.78. The Bertz CT molecular complexity index is 502. The van der Waals surface area contributed by atoms with Crippen molar-refractivity contribution < 1.29 is 12.8 Å². The maximum Gasteiger partial charge on any atom is 0.243 e. The summed E-state index contributed by atoms with van der Waals surface area (Å²) >= 11 is 0. The number of hydrogen-bond acceptors (Lipinski definition) is 2. The zero-order valence-corrected chi connectivity index (χ0v) is 11.5. The molecular weight excluding hydrogens is 253 g/mol. The van der Waals surface area contributed by atoms with Crippen molar-refractivity contribution in [2.45, 2.75) is 50.1 Å². The van der Waals surface area contributed by atoms with Gasteiger partial charge in [-0.25, -0.2) is 12.8 Å². The number of benzene rings is 1. The highest BCUT2D eigenvalue weighted by Crippen LogP contribution is 2.29. The first-order chi connectivity index (χ1) is 8.43. The van der Waals surface area contributed by atoms with E-state index < -0.39 is 15.8 Å². The summed E-state index contributed by atoms with van der Waals surface area (Å²) in [5, 5.41) is 0. The topological polar surface area (TPSA) is 37.4 Å². The lowest BCUT2D eigenvalue weighted by Crippen LogP contribution is -2.47. The van der Waals surface area contributed by atoms with Crippen LogP contribution in [-0.4, -0.2) is 24.8 Å². The van der Waals surface area contributed by atoms with Gasteiger partial charge in [-0.05, 0) is 51.0 Å². The predicted molar refractivity (Wildman–Crippen MR) is 68.2 cm³/mol. The first-order valence-electron chi connectivity index (χ1n) is 6.22. The minimum atomic E-state index is -3.51. The van der Waals surface area contributed by atoms with Crippen molar-refractivity contribution in [2.24, 2.45) is 0 Å². The fourth-order valence-electron chi connectivity index (χ4n) is 2.60.